The molecule has 0 aromatic rings. The van der Waals surface area contributed by atoms with Crippen molar-refractivity contribution < 1.29 is 14.7 Å². The first-order valence-corrected chi connectivity index (χ1v) is 4.07. The summed E-state index contributed by atoms with van der Waals surface area (Å²) in [5, 5.41) is 8.50. The van der Waals surface area contributed by atoms with Crippen molar-refractivity contribution in [2.45, 2.75) is 19.3 Å². The molecule has 0 saturated carbocycles. The minimum Gasteiger partial charge on any atom is -0.481 e. The van der Waals surface area contributed by atoms with Crippen LogP contribution in [0.25, 0.3) is 0 Å². The predicted octanol–water partition coefficient (Wildman–Crippen LogP) is 0.240. The first-order chi connectivity index (χ1) is 5.72. The highest BCUT2D eigenvalue weighted by molar-refractivity contribution is 5.67. The van der Waals surface area contributed by atoms with Crippen LogP contribution < -0.4 is 0 Å². The highest BCUT2D eigenvalue weighted by Gasteiger charge is 2.20. The zero-order valence-electron chi connectivity index (χ0n) is 6.82. The van der Waals surface area contributed by atoms with Gasteiger partial charge in [0.1, 0.15) is 0 Å². The smallest absolute Gasteiger partial charge is 0.312 e. The summed E-state index contributed by atoms with van der Waals surface area (Å²) >= 11 is 0. The van der Waals surface area contributed by atoms with Crippen molar-refractivity contribution in [3.05, 3.63) is 0 Å². The van der Waals surface area contributed by atoms with Crippen LogP contribution in [0.4, 0.5) is 0 Å². The number of likely N-dealkylation sites (tertiary alicyclic amines) is 1. The molecule has 4 heteroatoms. The highest BCUT2D eigenvalue weighted by Crippen LogP contribution is 2.19. The number of rotatable bonds is 3. The Morgan fingerprint density at radius 2 is 2.08 bits per heavy atom. The standard InChI is InChI=1S/C8H12NO3/c10-6-9-3-1-7(2-4-9)5-8(11)12/h7H,1-5H2,(H,11,12). The first-order valence-electron chi connectivity index (χ1n) is 4.07. The van der Waals surface area contributed by atoms with Gasteiger partial charge in [-0.25, -0.2) is 0 Å². The minimum absolute atomic E-state index is 0.229. The summed E-state index contributed by atoms with van der Waals surface area (Å²) in [6, 6.07) is 0. The van der Waals surface area contributed by atoms with E-state index >= 15 is 0 Å². The lowest BCUT2D eigenvalue weighted by molar-refractivity contribution is -0.138. The van der Waals surface area contributed by atoms with Crippen LogP contribution in [0.3, 0.4) is 0 Å². The monoisotopic (exact) mass is 170 g/mol. The molecule has 0 aromatic carbocycles. The Morgan fingerprint density at radius 1 is 1.50 bits per heavy atom. The molecule has 1 rings (SSSR count). The minimum atomic E-state index is -0.747. The van der Waals surface area contributed by atoms with Crippen LogP contribution in [0.5, 0.6) is 0 Å². The lowest BCUT2D eigenvalue weighted by Gasteiger charge is -2.27. The van der Waals surface area contributed by atoms with Gasteiger partial charge in [-0.05, 0) is 18.8 Å². The Labute approximate surface area is 71.2 Å². The molecule has 4 nitrogen and oxygen atoms in total. The second-order valence-corrected chi connectivity index (χ2v) is 3.12. The number of hydrogen-bond acceptors (Lipinski definition) is 2. The molecule has 0 spiro atoms. The maximum atomic E-state index is 10.3. The van der Waals surface area contributed by atoms with Gasteiger partial charge in [0.25, 0.3) is 0 Å². The second-order valence-electron chi connectivity index (χ2n) is 3.12. The molecule has 1 fully saturated rings. The number of carboxylic acids is 1. The van der Waals surface area contributed by atoms with E-state index in [1.165, 1.54) is 0 Å². The summed E-state index contributed by atoms with van der Waals surface area (Å²) in [4.78, 5) is 22.1. The fraction of sp³-hybridized carbons (Fsp3) is 0.750. The normalized spacial score (nSPS) is 19.2. The second kappa shape index (κ2) is 4.09. The van der Waals surface area contributed by atoms with E-state index in [2.05, 4.69) is 0 Å². The van der Waals surface area contributed by atoms with Gasteiger partial charge in [-0.15, -0.1) is 0 Å². The molecule has 0 atom stereocenters. The fourth-order valence-electron chi connectivity index (χ4n) is 1.48. The molecule has 0 aromatic heterocycles. The van der Waals surface area contributed by atoms with Crippen molar-refractivity contribution in [2.24, 2.45) is 5.92 Å². The lowest BCUT2D eigenvalue weighted by atomic mass is 9.94. The number of piperidine rings is 1. The Balaban J connectivity index is 2.26. The molecular formula is C8H12NO3. The van der Waals surface area contributed by atoms with Crippen molar-refractivity contribution in [1.82, 2.24) is 4.90 Å². The van der Waals surface area contributed by atoms with Gasteiger partial charge in [0.15, 0.2) is 0 Å². The summed E-state index contributed by atoms with van der Waals surface area (Å²) in [6.45, 7) is 1.31. The third-order valence-corrected chi connectivity index (χ3v) is 2.21. The molecular weight excluding hydrogens is 158 g/mol. The van der Waals surface area contributed by atoms with E-state index in [0.717, 1.165) is 12.8 Å². The third-order valence-electron chi connectivity index (χ3n) is 2.21. The molecule has 0 unspecified atom stereocenters. The van der Waals surface area contributed by atoms with E-state index < -0.39 is 5.97 Å². The largest absolute Gasteiger partial charge is 0.481 e. The summed E-state index contributed by atoms with van der Waals surface area (Å²) in [5.41, 5.74) is 0. The maximum absolute atomic E-state index is 10.3. The maximum Gasteiger partial charge on any atom is 0.312 e. The molecule has 12 heavy (non-hydrogen) atoms. The SMILES string of the molecule is O=[C]N1CCC(CC(=O)O)CC1. The van der Waals surface area contributed by atoms with E-state index in [-0.39, 0.29) is 12.3 Å². The molecule has 1 aliphatic heterocycles. The molecule has 0 bridgehead atoms. The highest BCUT2D eigenvalue weighted by atomic mass is 16.4. The fourth-order valence-corrected chi connectivity index (χ4v) is 1.48. The summed E-state index contributed by atoms with van der Waals surface area (Å²) in [6.07, 6.45) is 3.63. The molecule has 1 amide bonds. The number of carboxylic acid groups (broad SMARTS) is 1. The van der Waals surface area contributed by atoms with Crippen LogP contribution in [0.2, 0.25) is 0 Å². The van der Waals surface area contributed by atoms with Crippen LogP contribution in [0.1, 0.15) is 19.3 Å². The molecule has 1 N–H and O–H groups in total. The van der Waals surface area contributed by atoms with Gasteiger partial charge in [0.2, 0.25) is 0 Å². The van der Waals surface area contributed by atoms with Crippen LogP contribution in [-0.4, -0.2) is 35.5 Å². The van der Waals surface area contributed by atoms with Crippen LogP contribution in [0.15, 0.2) is 0 Å². The lowest BCUT2D eigenvalue weighted by Crippen LogP contribution is -2.33. The van der Waals surface area contributed by atoms with Crippen molar-refractivity contribution in [2.75, 3.05) is 13.1 Å². The van der Waals surface area contributed by atoms with Gasteiger partial charge in [-0.3, -0.25) is 9.59 Å². The van der Waals surface area contributed by atoms with E-state index in [9.17, 15) is 9.59 Å². The Hall–Kier alpha value is -1.06. The van der Waals surface area contributed by atoms with Gasteiger partial charge in [-0.2, -0.15) is 0 Å². The van der Waals surface area contributed by atoms with Crippen molar-refractivity contribution >= 4 is 12.4 Å². The molecule has 67 valence electrons. The molecule has 1 saturated heterocycles. The summed E-state index contributed by atoms with van der Waals surface area (Å²) in [7, 11) is 0. The van der Waals surface area contributed by atoms with Crippen LogP contribution in [-0.2, 0) is 9.59 Å². The third kappa shape index (κ3) is 2.53. The Morgan fingerprint density at radius 3 is 2.50 bits per heavy atom. The van der Waals surface area contributed by atoms with Crippen molar-refractivity contribution in [3.63, 3.8) is 0 Å². The summed E-state index contributed by atoms with van der Waals surface area (Å²) < 4.78 is 0. The molecule has 1 aliphatic rings. The number of hydrogen-bond donors (Lipinski definition) is 1. The predicted molar refractivity (Wildman–Crippen MR) is 42.2 cm³/mol. The quantitative estimate of drug-likeness (QED) is 0.660. The Bertz CT molecular complexity index is 173. The summed E-state index contributed by atoms with van der Waals surface area (Å²) in [5.74, 6) is -0.504. The number of amides is 1. The zero-order valence-corrected chi connectivity index (χ0v) is 6.82. The van der Waals surface area contributed by atoms with Gasteiger partial charge >= 0.3 is 12.4 Å². The topological polar surface area (TPSA) is 57.6 Å². The van der Waals surface area contributed by atoms with E-state index in [1.54, 1.807) is 4.90 Å². The average Bonchev–Trinajstić information content (AvgIpc) is 2.05. The Kier molecular flexibility index (Phi) is 3.08. The van der Waals surface area contributed by atoms with Crippen LogP contribution >= 0.6 is 0 Å². The van der Waals surface area contributed by atoms with Gasteiger partial charge in [0, 0.05) is 19.5 Å². The zero-order chi connectivity index (χ0) is 8.97. The van der Waals surface area contributed by atoms with Gasteiger partial charge < -0.3 is 10.0 Å². The van der Waals surface area contributed by atoms with E-state index in [4.69, 9.17) is 5.11 Å². The van der Waals surface area contributed by atoms with E-state index in [0.29, 0.717) is 13.1 Å². The average molecular weight is 170 g/mol. The molecule has 1 heterocycles. The number of aliphatic carboxylic acids is 1. The molecule has 0 aliphatic carbocycles. The number of nitrogens with zero attached hydrogens (tertiary/aromatic N) is 1. The van der Waals surface area contributed by atoms with Gasteiger partial charge in [-0.1, -0.05) is 0 Å². The molecule has 1 radical (unpaired) electrons. The van der Waals surface area contributed by atoms with Gasteiger partial charge in [0.05, 0.1) is 0 Å². The number of carbonyl (C=O) groups is 1. The van der Waals surface area contributed by atoms with E-state index in [1.807, 2.05) is 6.41 Å². The van der Waals surface area contributed by atoms with Crippen LogP contribution in [0, 0.1) is 5.92 Å². The first kappa shape index (κ1) is 9.03. The van der Waals surface area contributed by atoms with Crippen molar-refractivity contribution in [3.8, 4) is 0 Å². The number of carbonyl (C=O) groups excluding carboxylic acids is 1. The van der Waals surface area contributed by atoms with Crippen molar-refractivity contribution in [1.29, 1.82) is 0 Å².